The first kappa shape index (κ1) is 26.7. The molecule has 1 aromatic heterocycles. The number of methoxy groups -OCH3 is 1. The Morgan fingerprint density at radius 1 is 1.03 bits per heavy atom. The van der Waals surface area contributed by atoms with Gasteiger partial charge in [-0.15, -0.1) is 0 Å². The maximum atomic E-state index is 12.1. The van der Waals surface area contributed by atoms with Crippen molar-refractivity contribution in [1.29, 1.82) is 0 Å². The van der Waals surface area contributed by atoms with Gasteiger partial charge in [0.25, 0.3) is 0 Å². The zero-order valence-corrected chi connectivity index (χ0v) is 19.4. The Morgan fingerprint density at radius 3 is 2.26 bits per heavy atom. The largest absolute Gasteiger partial charge is 0.467 e. The quantitative estimate of drug-likeness (QED) is 0.141. The number of imidazole rings is 1. The second kappa shape index (κ2) is 18.4. The van der Waals surface area contributed by atoms with E-state index in [9.17, 15) is 9.59 Å². The number of unbranched alkanes of at least 4 members (excludes halogenated alkanes) is 11. The van der Waals surface area contributed by atoms with Crippen molar-refractivity contribution in [2.75, 3.05) is 7.11 Å². The fourth-order valence-electron chi connectivity index (χ4n) is 3.42. The van der Waals surface area contributed by atoms with Crippen LogP contribution in [0, 0.1) is 0 Å². The number of aromatic amines is 1. The van der Waals surface area contributed by atoms with Gasteiger partial charge in [-0.3, -0.25) is 4.79 Å². The third-order valence-corrected chi connectivity index (χ3v) is 5.25. The Bertz CT molecular complexity index is 638. The molecule has 174 valence electrons. The predicted molar refractivity (Wildman–Crippen MR) is 126 cm³/mol. The lowest BCUT2D eigenvalue weighted by Gasteiger charge is -2.14. The number of hydrogen-bond donors (Lipinski definition) is 2. The molecule has 0 aromatic carbocycles. The van der Waals surface area contributed by atoms with Gasteiger partial charge < -0.3 is 15.0 Å². The number of esters is 1. The van der Waals surface area contributed by atoms with Crippen LogP contribution in [0.2, 0.25) is 0 Å². The number of carbonyl (C=O) groups is 2. The van der Waals surface area contributed by atoms with Gasteiger partial charge in [0, 0.05) is 24.4 Å². The lowest BCUT2D eigenvalue weighted by Crippen LogP contribution is -2.42. The zero-order chi connectivity index (χ0) is 22.6. The lowest BCUT2D eigenvalue weighted by molar-refractivity contribution is -0.144. The molecule has 0 aliphatic carbocycles. The highest BCUT2D eigenvalue weighted by Crippen LogP contribution is 2.12. The first-order valence-electron chi connectivity index (χ1n) is 11.9. The molecule has 1 heterocycles. The van der Waals surface area contributed by atoms with Crippen LogP contribution in [0.25, 0.3) is 0 Å². The molecule has 0 bridgehead atoms. The van der Waals surface area contributed by atoms with Gasteiger partial charge in [-0.2, -0.15) is 0 Å². The summed E-state index contributed by atoms with van der Waals surface area (Å²) in [6.45, 7) is 2.26. The maximum Gasteiger partial charge on any atom is 0.328 e. The van der Waals surface area contributed by atoms with E-state index in [0.717, 1.165) is 12.1 Å². The molecule has 1 amide bonds. The van der Waals surface area contributed by atoms with Crippen LogP contribution >= 0.6 is 0 Å². The van der Waals surface area contributed by atoms with Crippen LogP contribution in [0.15, 0.2) is 36.8 Å². The average molecular weight is 432 g/mol. The van der Waals surface area contributed by atoms with Gasteiger partial charge >= 0.3 is 5.97 Å². The topological polar surface area (TPSA) is 84.1 Å². The molecule has 6 nitrogen and oxygen atoms in total. The highest BCUT2D eigenvalue weighted by atomic mass is 16.5. The number of nitrogens with zero attached hydrogens (tertiary/aromatic N) is 1. The number of H-pyrrole nitrogens is 1. The standard InChI is InChI=1S/C25H41N3O3/c1-3-4-5-6-7-8-9-10-11-12-13-14-15-16-17-18-24(29)28-23(25(30)31-2)19-22-20-26-21-27-22/h15-18,20-21,23H,3-14,19H2,1-2H3,(H,26,27)(H,28,29)/t23-/m0/s1. The molecule has 1 aromatic rings. The molecule has 0 unspecified atom stereocenters. The van der Waals surface area contributed by atoms with Gasteiger partial charge in [-0.1, -0.05) is 89.4 Å². The van der Waals surface area contributed by atoms with Crippen LogP contribution in [0.3, 0.4) is 0 Å². The Labute approximate surface area is 187 Å². The summed E-state index contributed by atoms with van der Waals surface area (Å²) in [5, 5.41) is 2.67. The predicted octanol–water partition coefficient (Wildman–Crippen LogP) is 5.42. The van der Waals surface area contributed by atoms with Crippen LogP contribution in [-0.4, -0.2) is 35.0 Å². The van der Waals surface area contributed by atoms with Gasteiger partial charge in [0.2, 0.25) is 5.91 Å². The summed E-state index contributed by atoms with van der Waals surface area (Å²) in [5.41, 5.74) is 0.756. The molecule has 0 aliphatic heterocycles. The monoisotopic (exact) mass is 431 g/mol. The van der Waals surface area contributed by atoms with E-state index >= 15 is 0 Å². The van der Waals surface area contributed by atoms with Crippen molar-refractivity contribution >= 4 is 11.9 Å². The van der Waals surface area contributed by atoms with Gasteiger partial charge in [-0.05, 0) is 12.8 Å². The van der Waals surface area contributed by atoms with E-state index in [1.54, 1.807) is 12.3 Å². The van der Waals surface area contributed by atoms with Crippen molar-refractivity contribution in [3.8, 4) is 0 Å². The number of nitrogens with one attached hydrogen (secondary N) is 2. The molecule has 0 radical (unpaired) electrons. The molecule has 2 N–H and O–H groups in total. The number of allylic oxidation sites excluding steroid dienone is 3. The fraction of sp³-hybridized carbons (Fsp3) is 0.640. The number of carbonyl (C=O) groups excluding carboxylic acids is 2. The Hall–Kier alpha value is -2.37. The van der Waals surface area contributed by atoms with E-state index in [0.29, 0.717) is 6.42 Å². The Kier molecular flexibility index (Phi) is 15.8. The van der Waals surface area contributed by atoms with Crippen LogP contribution in [-0.2, 0) is 20.7 Å². The Morgan fingerprint density at radius 2 is 1.68 bits per heavy atom. The van der Waals surface area contributed by atoms with Crippen molar-refractivity contribution in [3.05, 3.63) is 42.5 Å². The summed E-state index contributed by atoms with van der Waals surface area (Å²) in [7, 11) is 1.31. The summed E-state index contributed by atoms with van der Waals surface area (Å²) in [6, 6.07) is -0.747. The summed E-state index contributed by atoms with van der Waals surface area (Å²) in [6.07, 6.45) is 26.3. The summed E-state index contributed by atoms with van der Waals surface area (Å²) < 4.78 is 4.77. The normalized spacial score (nSPS) is 12.5. The number of ether oxygens (including phenoxy) is 1. The molecule has 0 saturated carbocycles. The number of hydrogen-bond acceptors (Lipinski definition) is 4. The maximum absolute atomic E-state index is 12.1. The van der Waals surface area contributed by atoms with E-state index in [-0.39, 0.29) is 5.91 Å². The van der Waals surface area contributed by atoms with Crippen LogP contribution in [0.5, 0.6) is 0 Å². The average Bonchev–Trinajstić information content (AvgIpc) is 3.28. The molecule has 0 spiro atoms. The molecule has 31 heavy (non-hydrogen) atoms. The minimum absolute atomic E-state index is 0.306. The highest BCUT2D eigenvalue weighted by molar-refractivity contribution is 5.91. The van der Waals surface area contributed by atoms with Crippen LogP contribution in [0.1, 0.15) is 89.7 Å². The van der Waals surface area contributed by atoms with Gasteiger partial charge in [0.15, 0.2) is 0 Å². The van der Waals surface area contributed by atoms with Gasteiger partial charge in [-0.25, -0.2) is 9.78 Å². The van der Waals surface area contributed by atoms with Gasteiger partial charge in [0.05, 0.1) is 13.4 Å². The molecule has 0 aliphatic rings. The lowest BCUT2D eigenvalue weighted by atomic mass is 10.1. The van der Waals surface area contributed by atoms with E-state index in [1.165, 1.54) is 90.1 Å². The zero-order valence-electron chi connectivity index (χ0n) is 19.4. The van der Waals surface area contributed by atoms with Crippen molar-refractivity contribution in [2.24, 2.45) is 0 Å². The fourth-order valence-corrected chi connectivity index (χ4v) is 3.42. The molecular weight excluding hydrogens is 390 g/mol. The van der Waals surface area contributed by atoms with Crippen molar-refractivity contribution in [3.63, 3.8) is 0 Å². The van der Waals surface area contributed by atoms with Gasteiger partial charge in [0.1, 0.15) is 6.04 Å². The third-order valence-electron chi connectivity index (χ3n) is 5.25. The number of rotatable bonds is 18. The molecule has 0 saturated heterocycles. The molecule has 1 atom stereocenters. The Balaban J connectivity index is 2.09. The summed E-state index contributed by atoms with van der Waals surface area (Å²) in [5.74, 6) is -0.808. The highest BCUT2D eigenvalue weighted by Gasteiger charge is 2.21. The smallest absolute Gasteiger partial charge is 0.328 e. The second-order valence-electron chi connectivity index (χ2n) is 7.98. The summed E-state index contributed by atoms with van der Waals surface area (Å²) >= 11 is 0. The van der Waals surface area contributed by atoms with Crippen LogP contribution in [0.4, 0.5) is 0 Å². The SMILES string of the molecule is CCCCCCCCCCCCCC=CC=CC(=O)N[C@@H](Cc1cnc[nH]1)C(=O)OC. The van der Waals surface area contributed by atoms with Crippen molar-refractivity contribution < 1.29 is 14.3 Å². The number of amides is 1. The molecule has 6 heteroatoms. The van der Waals surface area contributed by atoms with E-state index in [4.69, 9.17) is 4.74 Å². The molecular formula is C25H41N3O3. The first-order chi connectivity index (χ1) is 15.2. The van der Waals surface area contributed by atoms with E-state index < -0.39 is 12.0 Å². The van der Waals surface area contributed by atoms with Crippen LogP contribution < -0.4 is 5.32 Å². The summed E-state index contributed by atoms with van der Waals surface area (Å²) in [4.78, 5) is 30.8. The number of aromatic nitrogens is 2. The third kappa shape index (κ3) is 14.3. The van der Waals surface area contributed by atoms with E-state index in [1.807, 2.05) is 6.08 Å². The first-order valence-corrected chi connectivity index (χ1v) is 11.9. The second-order valence-corrected chi connectivity index (χ2v) is 7.98. The minimum atomic E-state index is -0.747. The van der Waals surface area contributed by atoms with Crippen molar-refractivity contribution in [1.82, 2.24) is 15.3 Å². The molecule has 0 fully saturated rings. The van der Waals surface area contributed by atoms with E-state index in [2.05, 4.69) is 28.3 Å². The van der Waals surface area contributed by atoms with Crippen molar-refractivity contribution in [2.45, 2.75) is 96.4 Å². The molecule has 1 rings (SSSR count). The minimum Gasteiger partial charge on any atom is -0.467 e.